The molecule has 0 spiro atoms. The second kappa shape index (κ2) is 8.08. The molecular weight excluding hydrogens is 282 g/mol. The number of carbonyl (C=O) groups is 2. The summed E-state index contributed by atoms with van der Waals surface area (Å²) in [5.41, 5.74) is 0.321. The van der Waals surface area contributed by atoms with E-state index in [1.165, 1.54) is 12.6 Å². The molecular formula is C16H25N3O3. The second-order valence-electron chi connectivity index (χ2n) is 5.92. The maximum atomic E-state index is 11.9. The van der Waals surface area contributed by atoms with Crippen LogP contribution in [0.3, 0.4) is 0 Å². The lowest BCUT2D eigenvalue weighted by molar-refractivity contribution is -0.117. The van der Waals surface area contributed by atoms with E-state index in [4.69, 9.17) is 0 Å². The fourth-order valence-electron chi connectivity index (χ4n) is 2.96. The molecule has 6 heteroatoms. The first-order chi connectivity index (χ1) is 10.6. The van der Waals surface area contributed by atoms with Crippen molar-refractivity contribution in [2.45, 2.75) is 58.1 Å². The Hall–Kier alpha value is -1.69. The third kappa shape index (κ3) is 4.40. The van der Waals surface area contributed by atoms with Crippen molar-refractivity contribution in [3.8, 4) is 0 Å². The van der Waals surface area contributed by atoms with Crippen LogP contribution < -0.4 is 5.32 Å². The van der Waals surface area contributed by atoms with Crippen LogP contribution in [-0.4, -0.2) is 39.2 Å². The molecule has 0 bridgehead atoms. The van der Waals surface area contributed by atoms with E-state index in [1.807, 2.05) is 6.92 Å². The van der Waals surface area contributed by atoms with E-state index in [1.54, 1.807) is 10.9 Å². The number of nitrogens with one attached hydrogen (secondary N) is 1. The average Bonchev–Trinajstić information content (AvgIpc) is 3.01. The van der Waals surface area contributed by atoms with E-state index in [2.05, 4.69) is 10.4 Å². The van der Waals surface area contributed by atoms with Gasteiger partial charge >= 0.3 is 0 Å². The monoisotopic (exact) mass is 307 g/mol. The predicted molar refractivity (Wildman–Crippen MR) is 82.4 cm³/mol. The van der Waals surface area contributed by atoms with Gasteiger partial charge in [-0.3, -0.25) is 14.3 Å². The highest BCUT2D eigenvalue weighted by Gasteiger charge is 2.22. The number of carbonyl (C=O) groups excluding carboxylic acids is 2. The normalized spacial score (nSPS) is 21.5. The molecule has 0 saturated heterocycles. The minimum absolute atomic E-state index is 0.203. The average molecular weight is 307 g/mol. The van der Waals surface area contributed by atoms with Gasteiger partial charge in [-0.2, -0.15) is 5.10 Å². The number of hydrogen-bond donors (Lipinski definition) is 2. The number of aromatic nitrogens is 2. The van der Waals surface area contributed by atoms with Crippen molar-refractivity contribution >= 4 is 11.7 Å². The summed E-state index contributed by atoms with van der Waals surface area (Å²) in [5.74, 6) is -0.790. The summed E-state index contributed by atoms with van der Waals surface area (Å²) in [6.45, 7) is 3.05. The molecule has 1 aromatic rings. The van der Waals surface area contributed by atoms with Crippen molar-refractivity contribution < 1.29 is 14.7 Å². The van der Waals surface area contributed by atoms with Crippen molar-refractivity contribution in [3.05, 3.63) is 18.0 Å². The third-order valence-corrected chi connectivity index (χ3v) is 4.33. The lowest BCUT2D eigenvalue weighted by atomic mass is 9.83. The van der Waals surface area contributed by atoms with E-state index in [0.717, 1.165) is 32.1 Å². The zero-order valence-electron chi connectivity index (χ0n) is 13.1. The molecule has 2 rings (SSSR count). The van der Waals surface area contributed by atoms with Gasteiger partial charge < -0.3 is 10.4 Å². The predicted octanol–water partition coefficient (Wildman–Crippen LogP) is 1.53. The topological polar surface area (TPSA) is 84.2 Å². The Labute approximate surface area is 130 Å². The molecule has 2 unspecified atom stereocenters. The van der Waals surface area contributed by atoms with Crippen LogP contribution in [0, 0.1) is 5.92 Å². The van der Waals surface area contributed by atoms with Crippen LogP contribution in [0.2, 0.25) is 0 Å². The number of hydrogen-bond acceptors (Lipinski definition) is 4. The highest BCUT2D eigenvalue weighted by atomic mass is 16.3. The van der Waals surface area contributed by atoms with Crippen molar-refractivity contribution in [2.24, 2.45) is 5.92 Å². The first-order valence-corrected chi connectivity index (χ1v) is 8.15. The van der Waals surface area contributed by atoms with Crippen LogP contribution in [0.5, 0.6) is 0 Å². The molecule has 22 heavy (non-hydrogen) atoms. The number of rotatable bonds is 7. The summed E-state index contributed by atoms with van der Waals surface area (Å²) >= 11 is 0. The van der Waals surface area contributed by atoms with Gasteiger partial charge in [0.25, 0.3) is 11.7 Å². The molecule has 0 radical (unpaired) electrons. The summed E-state index contributed by atoms with van der Waals surface area (Å²) in [7, 11) is 0. The Morgan fingerprint density at radius 2 is 2.18 bits per heavy atom. The van der Waals surface area contributed by atoms with Gasteiger partial charge in [0.15, 0.2) is 0 Å². The lowest BCUT2D eigenvalue weighted by Gasteiger charge is -2.27. The number of nitrogens with zero attached hydrogens (tertiary/aromatic N) is 2. The van der Waals surface area contributed by atoms with Crippen LogP contribution in [0.25, 0.3) is 0 Å². The number of aliphatic hydroxyl groups excluding tert-OH is 1. The maximum Gasteiger partial charge on any atom is 0.292 e. The highest BCUT2D eigenvalue weighted by Crippen LogP contribution is 2.27. The zero-order valence-corrected chi connectivity index (χ0v) is 13.1. The van der Waals surface area contributed by atoms with Gasteiger partial charge in [-0.15, -0.1) is 0 Å². The Morgan fingerprint density at radius 1 is 1.41 bits per heavy atom. The van der Waals surface area contributed by atoms with Crippen LogP contribution in [-0.2, 0) is 11.3 Å². The number of Topliss-reactive ketones (excluding diaryl/α,β-unsaturated/α-hetero) is 1. The minimum Gasteiger partial charge on any atom is -0.393 e. The van der Waals surface area contributed by atoms with Crippen molar-refractivity contribution in [3.63, 3.8) is 0 Å². The Balaban J connectivity index is 1.69. The molecule has 0 aliphatic heterocycles. The second-order valence-corrected chi connectivity index (χ2v) is 5.92. The van der Waals surface area contributed by atoms with Crippen LogP contribution in [0.4, 0.5) is 0 Å². The molecule has 6 nitrogen and oxygen atoms in total. The summed E-state index contributed by atoms with van der Waals surface area (Å²) in [6, 6.07) is 0. The number of amides is 1. The SMILES string of the molecule is CCn1cc(C(=O)C(=O)NCCCC2CCCCC2O)cn1. The number of ketones is 1. The van der Waals surface area contributed by atoms with Gasteiger partial charge in [0.2, 0.25) is 0 Å². The van der Waals surface area contributed by atoms with Gasteiger partial charge in [0.05, 0.1) is 17.9 Å². The van der Waals surface area contributed by atoms with Crippen molar-refractivity contribution in [1.29, 1.82) is 0 Å². The minimum atomic E-state index is -0.583. The Morgan fingerprint density at radius 3 is 2.86 bits per heavy atom. The first kappa shape index (κ1) is 16.7. The van der Waals surface area contributed by atoms with E-state index in [-0.39, 0.29) is 6.10 Å². The lowest BCUT2D eigenvalue weighted by Crippen LogP contribution is -2.32. The molecule has 1 aliphatic carbocycles. The van der Waals surface area contributed by atoms with Gasteiger partial charge in [0.1, 0.15) is 0 Å². The summed E-state index contributed by atoms with van der Waals surface area (Å²) in [6.07, 6.45) is 8.71. The van der Waals surface area contributed by atoms with Crippen LogP contribution in [0.15, 0.2) is 12.4 Å². The smallest absolute Gasteiger partial charge is 0.292 e. The van der Waals surface area contributed by atoms with Gasteiger partial charge in [-0.1, -0.05) is 12.8 Å². The van der Waals surface area contributed by atoms with Gasteiger partial charge in [-0.25, -0.2) is 0 Å². The molecule has 1 aliphatic rings. The quantitative estimate of drug-likeness (QED) is 0.454. The Bertz CT molecular complexity index is 512. The number of aliphatic hydroxyl groups is 1. The Kier molecular flexibility index (Phi) is 6.12. The molecule has 122 valence electrons. The van der Waals surface area contributed by atoms with Gasteiger partial charge in [0, 0.05) is 19.3 Å². The third-order valence-electron chi connectivity index (χ3n) is 4.33. The summed E-state index contributed by atoms with van der Waals surface area (Å²) in [5, 5.41) is 16.5. The molecule has 0 aromatic carbocycles. The molecule has 1 aromatic heterocycles. The largest absolute Gasteiger partial charge is 0.393 e. The first-order valence-electron chi connectivity index (χ1n) is 8.15. The molecule has 1 fully saturated rings. The van der Waals surface area contributed by atoms with Crippen LogP contribution >= 0.6 is 0 Å². The van der Waals surface area contributed by atoms with Crippen LogP contribution in [0.1, 0.15) is 55.8 Å². The summed E-state index contributed by atoms with van der Waals surface area (Å²) in [4.78, 5) is 23.7. The van der Waals surface area contributed by atoms with E-state index in [9.17, 15) is 14.7 Å². The molecule has 1 heterocycles. The van der Waals surface area contributed by atoms with E-state index in [0.29, 0.717) is 24.6 Å². The van der Waals surface area contributed by atoms with E-state index < -0.39 is 11.7 Å². The molecule has 1 saturated carbocycles. The highest BCUT2D eigenvalue weighted by molar-refractivity contribution is 6.42. The molecule has 2 atom stereocenters. The van der Waals surface area contributed by atoms with Gasteiger partial charge in [-0.05, 0) is 38.5 Å². The molecule has 1 amide bonds. The fourth-order valence-corrected chi connectivity index (χ4v) is 2.96. The zero-order chi connectivity index (χ0) is 15.9. The molecule has 2 N–H and O–H groups in total. The summed E-state index contributed by atoms with van der Waals surface area (Å²) < 4.78 is 1.62. The standard InChI is InChI=1S/C16H25N3O3/c1-2-19-11-13(10-18-19)15(21)16(22)17-9-5-7-12-6-3-4-8-14(12)20/h10-12,14,20H,2-9H2,1H3,(H,17,22). The maximum absolute atomic E-state index is 11.9. The fraction of sp³-hybridized carbons (Fsp3) is 0.688. The number of aryl methyl sites for hydroxylation is 1. The van der Waals surface area contributed by atoms with Crippen molar-refractivity contribution in [1.82, 2.24) is 15.1 Å². The van der Waals surface area contributed by atoms with E-state index >= 15 is 0 Å². The van der Waals surface area contributed by atoms with Crippen molar-refractivity contribution in [2.75, 3.05) is 6.54 Å².